The van der Waals surface area contributed by atoms with E-state index in [1.54, 1.807) is 0 Å². The lowest BCUT2D eigenvalue weighted by Crippen LogP contribution is -2.02. The van der Waals surface area contributed by atoms with Gasteiger partial charge >= 0.3 is 0 Å². The zero-order valence-electron chi connectivity index (χ0n) is 29.6. The molecular formula is C50H26N4O2. The Bertz CT molecular complexity index is 3750. The highest BCUT2D eigenvalue weighted by molar-refractivity contribution is 6.24. The Hall–Kier alpha value is -8.06. The van der Waals surface area contributed by atoms with Crippen LogP contribution >= 0.6 is 0 Å². The normalized spacial score (nSPS) is 11.9. The summed E-state index contributed by atoms with van der Waals surface area (Å²) in [6.45, 7) is 0. The molecule has 0 N–H and O–H groups in total. The Kier molecular flexibility index (Phi) is 6.10. The monoisotopic (exact) mass is 714 g/mol. The largest absolute Gasteiger partial charge is 0.456 e. The Morgan fingerprint density at radius 2 is 1.12 bits per heavy atom. The zero-order valence-corrected chi connectivity index (χ0v) is 29.6. The molecule has 0 spiro atoms. The highest BCUT2D eigenvalue weighted by Crippen LogP contribution is 2.44. The number of nitrogens with zero attached hydrogens (tertiary/aromatic N) is 4. The lowest BCUT2D eigenvalue weighted by Gasteiger charge is -2.17. The predicted octanol–water partition coefficient (Wildman–Crippen LogP) is 13.1. The van der Waals surface area contributed by atoms with E-state index < -0.39 is 0 Å². The topological polar surface area (TPSA) is 83.7 Å². The molecule has 258 valence electrons. The van der Waals surface area contributed by atoms with E-state index in [0.29, 0.717) is 11.1 Å². The van der Waals surface area contributed by atoms with Crippen LogP contribution in [-0.2, 0) is 0 Å². The van der Waals surface area contributed by atoms with Gasteiger partial charge in [-0.1, -0.05) is 84.9 Å². The molecule has 0 saturated carbocycles. The number of nitriles is 2. The van der Waals surface area contributed by atoms with Gasteiger partial charge in [-0.2, -0.15) is 10.5 Å². The van der Waals surface area contributed by atoms with Crippen molar-refractivity contribution in [1.82, 2.24) is 9.13 Å². The second kappa shape index (κ2) is 11.2. The van der Waals surface area contributed by atoms with Crippen molar-refractivity contribution in [1.29, 1.82) is 10.5 Å². The molecule has 0 aliphatic carbocycles. The molecule has 0 aliphatic heterocycles. The molecule has 0 amide bonds. The number of hydrogen-bond acceptors (Lipinski definition) is 4. The number of aromatic nitrogens is 2. The van der Waals surface area contributed by atoms with Crippen LogP contribution in [0.1, 0.15) is 11.1 Å². The summed E-state index contributed by atoms with van der Waals surface area (Å²) in [6, 6.07) is 58.2. The predicted molar refractivity (Wildman–Crippen MR) is 225 cm³/mol. The lowest BCUT2D eigenvalue weighted by atomic mass is 9.97. The second-order valence-electron chi connectivity index (χ2n) is 14.3. The third-order valence-electron chi connectivity index (χ3n) is 11.3. The van der Waals surface area contributed by atoms with E-state index in [2.05, 4.69) is 100 Å². The average Bonchev–Trinajstić information content (AvgIpc) is 3.99. The molecule has 6 heteroatoms. The molecule has 12 aromatic rings. The molecule has 12 rings (SSSR count). The van der Waals surface area contributed by atoms with Crippen LogP contribution in [0.4, 0.5) is 0 Å². The fourth-order valence-electron chi connectivity index (χ4n) is 9.01. The van der Waals surface area contributed by atoms with Crippen LogP contribution in [0.25, 0.3) is 110 Å². The first-order valence-electron chi connectivity index (χ1n) is 18.5. The zero-order chi connectivity index (χ0) is 37.1. The molecule has 0 atom stereocenters. The molecule has 6 nitrogen and oxygen atoms in total. The first kappa shape index (κ1) is 30.4. The Labute approximate surface area is 318 Å². The first-order valence-corrected chi connectivity index (χ1v) is 18.5. The molecule has 0 unspecified atom stereocenters. The maximum atomic E-state index is 10.7. The fraction of sp³-hybridized carbons (Fsp3) is 0. The molecule has 4 heterocycles. The van der Waals surface area contributed by atoms with E-state index in [9.17, 15) is 10.5 Å². The number of furan rings is 2. The number of para-hydroxylation sites is 5. The van der Waals surface area contributed by atoms with E-state index in [1.807, 2.05) is 78.9 Å². The quantitative estimate of drug-likeness (QED) is 0.182. The van der Waals surface area contributed by atoms with Crippen LogP contribution in [0.5, 0.6) is 0 Å². The smallest absolute Gasteiger partial charge is 0.145 e. The molecule has 0 bridgehead atoms. The minimum Gasteiger partial charge on any atom is -0.456 e. The summed E-state index contributed by atoms with van der Waals surface area (Å²) in [7, 11) is 0. The van der Waals surface area contributed by atoms with Gasteiger partial charge in [0.25, 0.3) is 0 Å². The van der Waals surface area contributed by atoms with Gasteiger partial charge < -0.3 is 18.0 Å². The minimum atomic E-state index is 0.507. The van der Waals surface area contributed by atoms with Crippen LogP contribution in [0.2, 0.25) is 0 Å². The first-order chi connectivity index (χ1) is 27.7. The third-order valence-corrected chi connectivity index (χ3v) is 11.3. The van der Waals surface area contributed by atoms with Gasteiger partial charge in [-0.3, -0.25) is 0 Å². The fourth-order valence-corrected chi connectivity index (χ4v) is 9.01. The highest BCUT2D eigenvalue weighted by atomic mass is 16.3. The number of rotatable bonds is 3. The van der Waals surface area contributed by atoms with Crippen molar-refractivity contribution in [2.75, 3.05) is 0 Å². The maximum Gasteiger partial charge on any atom is 0.145 e. The Morgan fingerprint density at radius 1 is 0.429 bits per heavy atom. The standard InChI is InChI=1S/C50H26N4O2/c51-27-29-22-31(24-32(23-29)53-42-17-6-2-14-38(42)48-43(53)21-20-37-35-12-3-8-19-46(35)56-50(37)48)33-15-9-10-30(28-52)49(33)54-41-16-5-1-11-34(41)39-25-40-36-13-4-7-18-45(36)55-47(40)26-44(39)54/h1-26H. The number of hydrogen-bond donors (Lipinski definition) is 0. The van der Waals surface area contributed by atoms with Crippen LogP contribution in [-0.4, -0.2) is 9.13 Å². The molecule has 0 aliphatic rings. The van der Waals surface area contributed by atoms with Gasteiger partial charge in [0.05, 0.1) is 50.3 Å². The summed E-state index contributed by atoms with van der Waals surface area (Å²) in [4.78, 5) is 0. The Morgan fingerprint density at radius 3 is 1.91 bits per heavy atom. The summed E-state index contributed by atoms with van der Waals surface area (Å²) in [5, 5.41) is 29.7. The van der Waals surface area contributed by atoms with Crippen molar-refractivity contribution in [3.8, 4) is 34.6 Å². The molecule has 8 aromatic carbocycles. The molecular weight excluding hydrogens is 689 g/mol. The van der Waals surface area contributed by atoms with Crippen LogP contribution in [0, 0.1) is 22.7 Å². The van der Waals surface area contributed by atoms with Gasteiger partial charge in [-0.15, -0.1) is 0 Å². The van der Waals surface area contributed by atoms with Crippen molar-refractivity contribution in [2.24, 2.45) is 0 Å². The minimum absolute atomic E-state index is 0.507. The van der Waals surface area contributed by atoms with E-state index in [1.165, 1.54) is 0 Å². The molecule has 56 heavy (non-hydrogen) atoms. The van der Waals surface area contributed by atoms with Gasteiger partial charge in [-0.25, -0.2) is 0 Å². The highest BCUT2D eigenvalue weighted by Gasteiger charge is 2.23. The number of benzene rings is 8. The molecule has 0 radical (unpaired) electrons. The van der Waals surface area contributed by atoms with Gasteiger partial charge in [-0.05, 0) is 72.3 Å². The van der Waals surface area contributed by atoms with E-state index in [-0.39, 0.29) is 0 Å². The Balaban J connectivity index is 1.15. The molecule has 4 aromatic heterocycles. The summed E-state index contributed by atoms with van der Waals surface area (Å²) in [5.41, 5.74) is 11.4. The van der Waals surface area contributed by atoms with Gasteiger partial charge in [0, 0.05) is 55.0 Å². The maximum absolute atomic E-state index is 10.7. The van der Waals surface area contributed by atoms with E-state index in [0.717, 1.165) is 110 Å². The lowest BCUT2D eigenvalue weighted by molar-refractivity contribution is 0.669. The second-order valence-corrected chi connectivity index (χ2v) is 14.3. The van der Waals surface area contributed by atoms with Crippen molar-refractivity contribution < 1.29 is 8.83 Å². The summed E-state index contributed by atoms with van der Waals surface area (Å²) in [5.74, 6) is 0. The van der Waals surface area contributed by atoms with Crippen LogP contribution in [0.15, 0.2) is 167 Å². The van der Waals surface area contributed by atoms with Crippen LogP contribution in [0.3, 0.4) is 0 Å². The van der Waals surface area contributed by atoms with Gasteiger partial charge in [0.2, 0.25) is 0 Å². The van der Waals surface area contributed by atoms with Crippen molar-refractivity contribution in [3.63, 3.8) is 0 Å². The third kappa shape index (κ3) is 4.07. The summed E-state index contributed by atoms with van der Waals surface area (Å²) >= 11 is 0. The van der Waals surface area contributed by atoms with Crippen LogP contribution < -0.4 is 0 Å². The molecule has 0 fully saturated rings. The van der Waals surface area contributed by atoms with Gasteiger partial charge in [0.1, 0.15) is 28.4 Å². The van der Waals surface area contributed by atoms with E-state index in [4.69, 9.17) is 8.83 Å². The SMILES string of the molecule is N#Cc1cc(-c2cccc(C#N)c2-n2c3ccccc3c3cc4c(cc32)oc2ccccc24)cc(-n2c3ccccc3c3c4oc5ccccc5c4ccc32)c1. The van der Waals surface area contributed by atoms with Gasteiger partial charge in [0.15, 0.2) is 0 Å². The van der Waals surface area contributed by atoms with Crippen molar-refractivity contribution in [2.45, 2.75) is 0 Å². The summed E-state index contributed by atoms with van der Waals surface area (Å²) in [6.07, 6.45) is 0. The average molecular weight is 715 g/mol. The van der Waals surface area contributed by atoms with Crippen molar-refractivity contribution in [3.05, 3.63) is 169 Å². The van der Waals surface area contributed by atoms with Crippen molar-refractivity contribution >= 4 is 87.5 Å². The summed E-state index contributed by atoms with van der Waals surface area (Å²) < 4.78 is 17.3. The van der Waals surface area contributed by atoms with E-state index >= 15 is 0 Å². The number of fused-ring (bicyclic) bond motifs is 13. The molecule has 0 saturated heterocycles.